The summed E-state index contributed by atoms with van der Waals surface area (Å²) in [6.07, 6.45) is -10.5. The Morgan fingerprint density at radius 1 is 0.864 bits per heavy atom. The standard InChI is InChI=1S/C45H49NO13/c1-24-29(57-41(54)35(50)33(26-15-9-6-10-16-26)46-39(52)27-17-11-7-12-18-27)22-45(55)38(58-40(53)28-19-13-8-14-20-28)36-43(5,37(51)34(49)32(24)42(45,3)4)30(48)21-31-44(36,23-56-31)59-25(2)47/h6-20,29-31,33-36,38,48-50,55H,21-23H2,1-5H3,(H,46,52)/t29?,30?,31-,33+,34+,35-,36?,38?,43-,44+,45-/m1/s1. The molecule has 1 saturated heterocycles. The summed E-state index contributed by atoms with van der Waals surface area (Å²) >= 11 is 0. The van der Waals surface area contributed by atoms with Gasteiger partial charge in [0.15, 0.2) is 17.5 Å². The SMILES string of the molecule is CC(=O)O[C@@]12CO[C@@H]1CC(O)[C@@]1(C)C(=O)[C@@H](O)C3=C(C)C(OC(=O)[C@H](O)[C@@H](NC(=O)c4ccccc4)c4ccccc4)C[C@@](O)(C(OC(=O)c4ccccc4)C12)C3(C)C. The second kappa shape index (κ2) is 15.4. The van der Waals surface area contributed by atoms with E-state index in [0.717, 1.165) is 6.92 Å². The van der Waals surface area contributed by atoms with Crippen LogP contribution in [0.2, 0.25) is 0 Å². The van der Waals surface area contributed by atoms with Crippen LogP contribution in [-0.4, -0.2) is 104 Å². The van der Waals surface area contributed by atoms with Crippen molar-refractivity contribution in [3.05, 3.63) is 119 Å². The van der Waals surface area contributed by atoms with Gasteiger partial charge in [-0.25, -0.2) is 9.59 Å². The summed E-state index contributed by atoms with van der Waals surface area (Å²) in [5.74, 6) is -5.89. The van der Waals surface area contributed by atoms with E-state index in [4.69, 9.17) is 18.9 Å². The molecular formula is C45H49NO13. The maximum atomic E-state index is 15.0. The van der Waals surface area contributed by atoms with Gasteiger partial charge >= 0.3 is 17.9 Å². The molecule has 3 aromatic rings. The highest BCUT2D eigenvalue weighted by Crippen LogP contribution is 2.64. The molecule has 11 atom stereocenters. The molecule has 4 unspecified atom stereocenters. The van der Waals surface area contributed by atoms with E-state index in [1.54, 1.807) is 92.7 Å². The lowest BCUT2D eigenvalue weighted by Gasteiger charge is -2.67. The Morgan fingerprint density at radius 3 is 2.00 bits per heavy atom. The van der Waals surface area contributed by atoms with Gasteiger partial charge in [0.2, 0.25) is 0 Å². The van der Waals surface area contributed by atoms with E-state index in [1.807, 2.05) is 0 Å². The summed E-state index contributed by atoms with van der Waals surface area (Å²) in [5, 5.41) is 51.9. The van der Waals surface area contributed by atoms with Gasteiger partial charge in [-0.15, -0.1) is 0 Å². The number of nitrogens with one attached hydrogen (secondary N) is 1. The highest BCUT2D eigenvalue weighted by molar-refractivity contribution is 5.95. The minimum atomic E-state index is -2.35. The number of aliphatic hydroxyl groups is 4. The van der Waals surface area contributed by atoms with Gasteiger partial charge in [0.1, 0.15) is 30.0 Å². The lowest BCUT2D eigenvalue weighted by Crippen LogP contribution is -2.81. The maximum Gasteiger partial charge on any atom is 0.338 e. The highest BCUT2D eigenvalue weighted by Gasteiger charge is 2.78. The normalized spacial score (nSPS) is 33.0. The molecular weight excluding hydrogens is 762 g/mol. The van der Waals surface area contributed by atoms with Crippen molar-refractivity contribution in [1.29, 1.82) is 0 Å². The van der Waals surface area contributed by atoms with Crippen molar-refractivity contribution in [1.82, 2.24) is 5.32 Å². The van der Waals surface area contributed by atoms with Gasteiger partial charge in [-0.05, 0) is 54.8 Å². The highest BCUT2D eigenvalue weighted by atomic mass is 16.6. The Morgan fingerprint density at radius 2 is 1.44 bits per heavy atom. The third-order valence-electron chi connectivity index (χ3n) is 13.2. The molecule has 3 fully saturated rings. The van der Waals surface area contributed by atoms with E-state index in [9.17, 15) is 44.4 Å². The van der Waals surface area contributed by atoms with Crippen LogP contribution in [0.25, 0.3) is 0 Å². The quantitative estimate of drug-likeness (QED) is 0.120. The van der Waals surface area contributed by atoms with Crippen LogP contribution in [0.4, 0.5) is 0 Å². The molecule has 2 bridgehead atoms. The predicted molar refractivity (Wildman–Crippen MR) is 208 cm³/mol. The molecule has 312 valence electrons. The number of hydrogen-bond acceptors (Lipinski definition) is 13. The van der Waals surface area contributed by atoms with Crippen molar-refractivity contribution in [2.75, 3.05) is 6.61 Å². The summed E-state index contributed by atoms with van der Waals surface area (Å²) < 4.78 is 24.2. The van der Waals surface area contributed by atoms with Gasteiger partial charge in [0.25, 0.3) is 5.91 Å². The average Bonchev–Trinajstić information content (AvgIpc) is 3.21. The lowest BCUT2D eigenvalue weighted by atomic mass is 9.44. The first kappa shape index (κ1) is 41.9. The summed E-state index contributed by atoms with van der Waals surface area (Å²) in [7, 11) is 0. The topological polar surface area (TPSA) is 215 Å². The molecule has 4 aliphatic rings. The van der Waals surface area contributed by atoms with Crippen LogP contribution in [-0.2, 0) is 33.3 Å². The Kier molecular flexibility index (Phi) is 10.9. The monoisotopic (exact) mass is 811 g/mol. The fourth-order valence-electron chi connectivity index (χ4n) is 9.94. The smallest absolute Gasteiger partial charge is 0.338 e. The summed E-state index contributed by atoms with van der Waals surface area (Å²) in [6, 6.07) is 23.1. The zero-order valence-electron chi connectivity index (χ0n) is 33.4. The summed E-state index contributed by atoms with van der Waals surface area (Å²) in [5.41, 5.74) is -6.86. The van der Waals surface area contributed by atoms with Crippen LogP contribution < -0.4 is 5.32 Å². The predicted octanol–water partition coefficient (Wildman–Crippen LogP) is 3.16. The molecule has 2 saturated carbocycles. The van der Waals surface area contributed by atoms with Crippen molar-refractivity contribution in [2.24, 2.45) is 16.7 Å². The molecule has 0 spiro atoms. The number of Topliss-reactive ketones (excluding diaryl/α,β-unsaturated/α-hetero) is 1. The fraction of sp³-hybridized carbons (Fsp3) is 0.444. The van der Waals surface area contributed by atoms with Crippen LogP contribution in [0.1, 0.15) is 79.8 Å². The van der Waals surface area contributed by atoms with Crippen LogP contribution in [0.15, 0.2) is 102 Å². The van der Waals surface area contributed by atoms with Crippen molar-refractivity contribution in [2.45, 2.75) is 101 Å². The first-order valence-electron chi connectivity index (χ1n) is 19.6. The number of carbonyl (C=O) groups excluding carboxylic acids is 5. The zero-order valence-corrected chi connectivity index (χ0v) is 33.4. The van der Waals surface area contributed by atoms with Crippen LogP contribution in [0, 0.1) is 16.7 Å². The summed E-state index contributed by atoms with van der Waals surface area (Å²) in [4.78, 5) is 69.5. The van der Waals surface area contributed by atoms with E-state index < -0.39 is 107 Å². The maximum absolute atomic E-state index is 15.0. The van der Waals surface area contributed by atoms with Gasteiger partial charge < -0.3 is 44.7 Å². The minimum absolute atomic E-state index is 0.0540. The van der Waals surface area contributed by atoms with E-state index in [0.29, 0.717) is 5.56 Å². The number of amides is 1. The molecule has 5 N–H and O–H groups in total. The third-order valence-corrected chi connectivity index (χ3v) is 13.2. The third kappa shape index (κ3) is 6.76. The molecule has 14 heteroatoms. The van der Waals surface area contributed by atoms with Crippen molar-refractivity contribution >= 4 is 29.6 Å². The van der Waals surface area contributed by atoms with E-state index >= 15 is 0 Å². The Bertz CT molecular complexity index is 2160. The van der Waals surface area contributed by atoms with Crippen molar-refractivity contribution < 1.29 is 63.3 Å². The number of hydrogen-bond donors (Lipinski definition) is 5. The number of esters is 3. The number of aliphatic hydroxyl groups excluding tert-OH is 3. The van der Waals surface area contributed by atoms with E-state index in [-0.39, 0.29) is 35.3 Å². The molecule has 3 aromatic carbocycles. The first-order valence-corrected chi connectivity index (χ1v) is 19.6. The van der Waals surface area contributed by atoms with Crippen LogP contribution in [0.3, 0.4) is 0 Å². The summed E-state index contributed by atoms with van der Waals surface area (Å²) in [6.45, 7) is 6.89. The molecule has 0 radical (unpaired) electrons. The van der Waals surface area contributed by atoms with Gasteiger partial charge in [-0.1, -0.05) is 80.6 Å². The second-order valence-corrected chi connectivity index (χ2v) is 16.8. The van der Waals surface area contributed by atoms with Gasteiger partial charge in [-0.2, -0.15) is 0 Å². The fourth-order valence-corrected chi connectivity index (χ4v) is 9.94. The van der Waals surface area contributed by atoms with E-state index in [1.165, 1.54) is 26.0 Å². The number of ether oxygens (including phenoxy) is 4. The zero-order chi connectivity index (χ0) is 42.7. The van der Waals surface area contributed by atoms with Crippen molar-refractivity contribution in [3.8, 4) is 0 Å². The van der Waals surface area contributed by atoms with Crippen molar-refractivity contribution in [3.63, 3.8) is 0 Å². The number of benzene rings is 3. The first-order chi connectivity index (χ1) is 27.9. The second-order valence-electron chi connectivity index (χ2n) is 16.8. The Balaban J connectivity index is 1.34. The number of carbonyl (C=O) groups is 5. The lowest BCUT2D eigenvalue weighted by molar-refractivity contribution is -0.346. The molecule has 14 nitrogen and oxygen atoms in total. The minimum Gasteiger partial charge on any atom is -0.456 e. The Hall–Kier alpha value is -5.25. The number of fused-ring (bicyclic) bond motifs is 5. The molecule has 3 aliphatic carbocycles. The van der Waals surface area contributed by atoms with Crippen LogP contribution >= 0.6 is 0 Å². The largest absolute Gasteiger partial charge is 0.456 e. The Labute approximate surface area is 341 Å². The molecule has 59 heavy (non-hydrogen) atoms. The van der Waals surface area contributed by atoms with Gasteiger partial charge in [0, 0.05) is 30.7 Å². The van der Waals surface area contributed by atoms with E-state index in [2.05, 4.69) is 5.32 Å². The molecule has 1 heterocycles. The number of ketones is 1. The molecule has 7 rings (SSSR count). The van der Waals surface area contributed by atoms with Gasteiger partial charge in [-0.3, -0.25) is 14.4 Å². The number of rotatable bonds is 9. The molecule has 0 aromatic heterocycles. The van der Waals surface area contributed by atoms with Gasteiger partial charge in [0.05, 0.1) is 35.6 Å². The molecule has 1 aliphatic heterocycles. The molecule has 1 amide bonds. The van der Waals surface area contributed by atoms with Crippen LogP contribution in [0.5, 0.6) is 0 Å². The average molecular weight is 812 g/mol.